The van der Waals surface area contributed by atoms with Crippen LogP contribution in [0.1, 0.15) is 16.7 Å². The van der Waals surface area contributed by atoms with Crippen molar-refractivity contribution in [1.29, 1.82) is 0 Å². The number of aryl methyl sites for hydroxylation is 3. The maximum Gasteiger partial charge on any atom is 0.236 e. The molecule has 7 heteroatoms. The fourth-order valence-electron chi connectivity index (χ4n) is 2.62. The summed E-state index contributed by atoms with van der Waals surface area (Å²) < 4.78 is 1.09. The summed E-state index contributed by atoms with van der Waals surface area (Å²) in [5.74, 6) is 0.150. The molecular weight excluding hydrogens is 378 g/mol. The molecule has 0 saturated carbocycles. The average molecular weight is 400 g/mol. The Balaban J connectivity index is 1.49. The first-order valence-corrected chi connectivity index (χ1v) is 10.5. The topological polar surface area (TPSA) is 71.1 Å². The van der Waals surface area contributed by atoms with Gasteiger partial charge in [0.2, 0.25) is 11.8 Å². The maximum absolute atomic E-state index is 12.1. The predicted octanol–water partition coefficient (Wildman–Crippen LogP) is 4.53. The Hall–Kier alpha value is -2.38. The number of fused-ring (bicyclic) bond motifs is 1. The Morgan fingerprint density at radius 3 is 2.41 bits per heavy atom. The zero-order chi connectivity index (χ0) is 19.4. The molecule has 0 fully saturated rings. The smallest absolute Gasteiger partial charge is 0.236 e. The van der Waals surface area contributed by atoms with Crippen LogP contribution in [0.15, 0.2) is 36.4 Å². The van der Waals surface area contributed by atoms with Gasteiger partial charge in [-0.25, -0.2) is 4.98 Å². The van der Waals surface area contributed by atoms with Gasteiger partial charge in [-0.1, -0.05) is 35.6 Å². The summed E-state index contributed by atoms with van der Waals surface area (Å²) in [4.78, 5) is 28.6. The highest BCUT2D eigenvalue weighted by molar-refractivity contribution is 8.00. The zero-order valence-corrected chi connectivity index (χ0v) is 17.1. The van der Waals surface area contributed by atoms with Crippen molar-refractivity contribution in [2.45, 2.75) is 20.8 Å². The summed E-state index contributed by atoms with van der Waals surface area (Å²) in [6.07, 6.45) is 0. The summed E-state index contributed by atoms with van der Waals surface area (Å²) in [5, 5.41) is 6.26. The van der Waals surface area contributed by atoms with E-state index in [0.29, 0.717) is 5.13 Å². The number of carbonyl (C=O) groups excluding carboxylic acids is 2. The second kappa shape index (κ2) is 8.54. The van der Waals surface area contributed by atoms with Gasteiger partial charge in [-0.2, -0.15) is 0 Å². The minimum Gasteiger partial charge on any atom is -0.325 e. The van der Waals surface area contributed by atoms with E-state index in [1.165, 1.54) is 23.1 Å². The molecule has 0 saturated heterocycles. The van der Waals surface area contributed by atoms with E-state index >= 15 is 0 Å². The van der Waals surface area contributed by atoms with Crippen LogP contribution in [0.2, 0.25) is 0 Å². The number of benzene rings is 2. The van der Waals surface area contributed by atoms with Crippen molar-refractivity contribution in [1.82, 2.24) is 4.98 Å². The number of aromatic nitrogens is 1. The Morgan fingerprint density at radius 2 is 1.70 bits per heavy atom. The summed E-state index contributed by atoms with van der Waals surface area (Å²) in [5.41, 5.74) is 5.03. The van der Waals surface area contributed by atoms with E-state index < -0.39 is 0 Å². The van der Waals surface area contributed by atoms with Crippen LogP contribution in [0.4, 0.5) is 10.8 Å². The first-order valence-electron chi connectivity index (χ1n) is 8.53. The van der Waals surface area contributed by atoms with Gasteiger partial charge in [0.1, 0.15) is 0 Å². The summed E-state index contributed by atoms with van der Waals surface area (Å²) in [6, 6.07) is 11.7. The lowest BCUT2D eigenvalue weighted by atomic mass is 10.1. The molecule has 27 heavy (non-hydrogen) atoms. The van der Waals surface area contributed by atoms with Gasteiger partial charge in [0.25, 0.3) is 0 Å². The molecular formula is C20H21N3O2S2. The van der Waals surface area contributed by atoms with Crippen molar-refractivity contribution in [3.05, 3.63) is 53.1 Å². The average Bonchev–Trinajstić information content (AvgIpc) is 3.03. The van der Waals surface area contributed by atoms with Crippen LogP contribution in [0.3, 0.4) is 0 Å². The SMILES string of the molecule is Cc1cccc(NC(=O)CSCC(=O)Nc2nc3c(C)ccc(C)c3s2)c1. The largest absolute Gasteiger partial charge is 0.325 e. The third-order valence-corrected chi connectivity index (χ3v) is 6.00. The summed E-state index contributed by atoms with van der Waals surface area (Å²) in [6.45, 7) is 6.02. The molecule has 0 aliphatic heterocycles. The van der Waals surface area contributed by atoms with Gasteiger partial charge < -0.3 is 10.6 Å². The third kappa shape index (κ3) is 5.08. The van der Waals surface area contributed by atoms with Crippen LogP contribution in [0, 0.1) is 20.8 Å². The van der Waals surface area contributed by atoms with E-state index in [1.807, 2.05) is 51.1 Å². The zero-order valence-electron chi connectivity index (χ0n) is 15.5. The molecule has 140 valence electrons. The molecule has 2 amide bonds. The molecule has 3 aromatic rings. The minimum absolute atomic E-state index is 0.121. The van der Waals surface area contributed by atoms with Gasteiger partial charge in [-0.15, -0.1) is 11.8 Å². The fourth-order valence-corrected chi connectivity index (χ4v) is 4.27. The number of anilines is 2. The number of nitrogens with zero attached hydrogens (tertiary/aromatic N) is 1. The molecule has 0 aliphatic carbocycles. The highest BCUT2D eigenvalue weighted by atomic mass is 32.2. The van der Waals surface area contributed by atoms with Crippen molar-refractivity contribution in [3.8, 4) is 0 Å². The monoisotopic (exact) mass is 399 g/mol. The van der Waals surface area contributed by atoms with Gasteiger partial charge in [-0.3, -0.25) is 9.59 Å². The van der Waals surface area contributed by atoms with Crippen molar-refractivity contribution in [2.75, 3.05) is 22.1 Å². The Kier molecular flexibility index (Phi) is 6.13. The van der Waals surface area contributed by atoms with E-state index in [4.69, 9.17) is 0 Å². The number of hydrogen-bond acceptors (Lipinski definition) is 5. The molecule has 0 atom stereocenters. The molecule has 0 unspecified atom stereocenters. The molecule has 0 aliphatic rings. The lowest BCUT2D eigenvalue weighted by Crippen LogP contribution is -2.18. The van der Waals surface area contributed by atoms with Gasteiger partial charge in [0.15, 0.2) is 5.13 Å². The lowest BCUT2D eigenvalue weighted by Gasteiger charge is -2.06. The van der Waals surface area contributed by atoms with Crippen molar-refractivity contribution in [2.24, 2.45) is 0 Å². The van der Waals surface area contributed by atoms with Crippen LogP contribution in [0.25, 0.3) is 10.2 Å². The van der Waals surface area contributed by atoms with E-state index in [1.54, 1.807) is 0 Å². The highest BCUT2D eigenvalue weighted by Gasteiger charge is 2.12. The Morgan fingerprint density at radius 1 is 1.00 bits per heavy atom. The quantitative estimate of drug-likeness (QED) is 0.639. The van der Waals surface area contributed by atoms with E-state index in [9.17, 15) is 9.59 Å². The minimum atomic E-state index is -0.155. The van der Waals surface area contributed by atoms with Gasteiger partial charge in [0.05, 0.1) is 21.7 Å². The number of rotatable bonds is 6. The summed E-state index contributed by atoms with van der Waals surface area (Å²) in [7, 11) is 0. The molecule has 2 N–H and O–H groups in total. The van der Waals surface area contributed by atoms with Crippen LogP contribution >= 0.6 is 23.1 Å². The van der Waals surface area contributed by atoms with E-state index in [0.717, 1.165) is 32.6 Å². The number of thiazole rings is 1. The Bertz CT molecular complexity index is 959. The van der Waals surface area contributed by atoms with Crippen LogP contribution in [-0.4, -0.2) is 28.3 Å². The molecule has 1 aromatic heterocycles. The second-order valence-electron chi connectivity index (χ2n) is 6.35. The first-order chi connectivity index (χ1) is 12.9. The second-order valence-corrected chi connectivity index (χ2v) is 8.34. The number of amides is 2. The standard InChI is InChI=1S/C20H21N3O2S2/c1-12-5-4-6-15(9-12)21-16(24)10-26-11-17(25)22-20-23-18-13(2)7-8-14(3)19(18)27-20/h4-9H,10-11H2,1-3H3,(H,21,24)(H,22,23,25). The maximum atomic E-state index is 12.1. The third-order valence-electron chi connectivity index (χ3n) is 3.96. The van der Waals surface area contributed by atoms with E-state index in [-0.39, 0.29) is 23.3 Å². The predicted molar refractivity (Wildman–Crippen MR) is 115 cm³/mol. The van der Waals surface area contributed by atoms with Crippen LogP contribution < -0.4 is 10.6 Å². The van der Waals surface area contributed by atoms with Gasteiger partial charge in [0, 0.05) is 5.69 Å². The van der Waals surface area contributed by atoms with Crippen molar-refractivity contribution in [3.63, 3.8) is 0 Å². The lowest BCUT2D eigenvalue weighted by molar-refractivity contribution is -0.114. The molecule has 0 bridgehead atoms. The molecule has 2 aromatic carbocycles. The molecule has 5 nitrogen and oxygen atoms in total. The molecule has 0 radical (unpaired) electrons. The van der Waals surface area contributed by atoms with E-state index in [2.05, 4.69) is 21.7 Å². The highest BCUT2D eigenvalue weighted by Crippen LogP contribution is 2.30. The first kappa shape index (κ1) is 19.4. The molecule has 1 heterocycles. The molecule has 0 spiro atoms. The van der Waals surface area contributed by atoms with Crippen LogP contribution in [-0.2, 0) is 9.59 Å². The fraction of sp³-hybridized carbons (Fsp3) is 0.250. The summed E-state index contributed by atoms with van der Waals surface area (Å²) >= 11 is 2.76. The normalized spacial score (nSPS) is 10.8. The van der Waals surface area contributed by atoms with Gasteiger partial charge in [-0.05, 0) is 49.6 Å². The number of carbonyl (C=O) groups is 2. The van der Waals surface area contributed by atoms with Crippen molar-refractivity contribution < 1.29 is 9.59 Å². The number of nitrogens with one attached hydrogen (secondary N) is 2. The van der Waals surface area contributed by atoms with Crippen molar-refractivity contribution >= 4 is 55.9 Å². The Labute approximate surface area is 166 Å². The van der Waals surface area contributed by atoms with Gasteiger partial charge >= 0.3 is 0 Å². The number of hydrogen-bond donors (Lipinski definition) is 2. The molecule has 3 rings (SSSR count). The number of thioether (sulfide) groups is 1. The van der Waals surface area contributed by atoms with Crippen LogP contribution in [0.5, 0.6) is 0 Å².